The Labute approximate surface area is 89.3 Å². The molecule has 0 unspecified atom stereocenters. The molecule has 0 fully saturated rings. The molecule has 0 amide bonds. The van der Waals surface area contributed by atoms with Gasteiger partial charge in [-0.2, -0.15) is 0 Å². The summed E-state index contributed by atoms with van der Waals surface area (Å²) in [5, 5.41) is 0. The van der Waals surface area contributed by atoms with Gasteiger partial charge in [0.1, 0.15) is 5.75 Å². The molecule has 0 radical (unpaired) electrons. The summed E-state index contributed by atoms with van der Waals surface area (Å²) in [5.41, 5.74) is 1.98. The topological polar surface area (TPSA) is 35.5 Å². The number of carbonyl (C=O) groups excluding carboxylic acids is 1. The third-order valence-electron chi connectivity index (χ3n) is 1.99. The average molecular weight is 206 g/mol. The fourth-order valence-electron chi connectivity index (χ4n) is 1.21. The number of methoxy groups -OCH3 is 2. The molecule has 0 aliphatic carbocycles. The minimum atomic E-state index is -0.376. The lowest BCUT2D eigenvalue weighted by Crippen LogP contribution is -1.94. The van der Waals surface area contributed by atoms with Gasteiger partial charge in [-0.05, 0) is 25.1 Å². The van der Waals surface area contributed by atoms with Crippen molar-refractivity contribution in [3.05, 3.63) is 35.4 Å². The molecule has 0 atom stereocenters. The first kappa shape index (κ1) is 11.3. The van der Waals surface area contributed by atoms with Crippen LogP contribution in [0.4, 0.5) is 0 Å². The molecule has 3 nitrogen and oxygen atoms in total. The summed E-state index contributed by atoms with van der Waals surface area (Å²) in [6.07, 6.45) is 3.05. The zero-order valence-electron chi connectivity index (χ0n) is 9.11. The van der Waals surface area contributed by atoms with Gasteiger partial charge in [-0.1, -0.05) is 11.6 Å². The molecule has 0 N–H and O–H groups in total. The van der Waals surface area contributed by atoms with Crippen LogP contribution < -0.4 is 4.74 Å². The van der Waals surface area contributed by atoms with Gasteiger partial charge in [0.05, 0.1) is 14.2 Å². The molecule has 0 bridgehead atoms. The van der Waals surface area contributed by atoms with Crippen LogP contribution in [0.2, 0.25) is 0 Å². The van der Waals surface area contributed by atoms with Crippen molar-refractivity contribution in [3.63, 3.8) is 0 Å². The average Bonchev–Trinajstić information content (AvgIpc) is 2.26. The van der Waals surface area contributed by atoms with Gasteiger partial charge >= 0.3 is 5.97 Å². The van der Waals surface area contributed by atoms with Crippen molar-refractivity contribution in [2.24, 2.45) is 0 Å². The number of carbonyl (C=O) groups is 1. The number of rotatable bonds is 3. The summed E-state index contributed by atoms with van der Waals surface area (Å²) < 4.78 is 9.67. The third kappa shape index (κ3) is 3.13. The fraction of sp³-hybridized carbons (Fsp3) is 0.250. The van der Waals surface area contributed by atoms with Crippen LogP contribution in [-0.2, 0) is 9.53 Å². The van der Waals surface area contributed by atoms with Gasteiger partial charge in [-0.3, -0.25) is 0 Å². The highest BCUT2D eigenvalue weighted by atomic mass is 16.5. The van der Waals surface area contributed by atoms with Gasteiger partial charge in [0.15, 0.2) is 0 Å². The molecule has 0 saturated carbocycles. The van der Waals surface area contributed by atoms with Gasteiger partial charge in [0, 0.05) is 11.6 Å². The quantitative estimate of drug-likeness (QED) is 0.561. The number of benzene rings is 1. The predicted molar refractivity (Wildman–Crippen MR) is 58.8 cm³/mol. The molecule has 1 aromatic carbocycles. The first-order chi connectivity index (χ1) is 7.17. The number of hydrogen-bond acceptors (Lipinski definition) is 3. The summed E-state index contributed by atoms with van der Waals surface area (Å²) in [4.78, 5) is 10.9. The van der Waals surface area contributed by atoms with E-state index in [9.17, 15) is 4.79 Å². The van der Waals surface area contributed by atoms with Crippen LogP contribution in [0.1, 0.15) is 11.1 Å². The Morgan fingerprint density at radius 2 is 2.07 bits per heavy atom. The number of esters is 1. The van der Waals surface area contributed by atoms with Crippen molar-refractivity contribution in [2.75, 3.05) is 14.2 Å². The molecule has 3 heteroatoms. The Morgan fingerprint density at radius 3 is 2.67 bits per heavy atom. The van der Waals surface area contributed by atoms with Crippen LogP contribution in [0, 0.1) is 6.92 Å². The van der Waals surface area contributed by atoms with E-state index in [1.165, 1.54) is 13.2 Å². The molecule has 0 spiro atoms. The minimum Gasteiger partial charge on any atom is -0.496 e. The van der Waals surface area contributed by atoms with E-state index in [-0.39, 0.29) is 5.97 Å². The predicted octanol–water partition coefficient (Wildman–Crippen LogP) is 2.19. The highest BCUT2D eigenvalue weighted by Crippen LogP contribution is 2.20. The molecule has 0 saturated heterocycles. The van der Waals surface area contributed by atoms with E-state index >= 15 is 0 Å². The molecule has 15 heavy (non-hydrogen) atoms. The first-order valence-electron chi connectivity index (χ1n) is 4.58. The van der Waals surface area contributed by atoms with Gasteiger partial charge in [0.25, 0.3) is 0 Å². The first-order valence-corrected chi connectivity index (χ1v) is 4.58. The Hall–Kier alpha value is -1.77. The lowest BCUT2D eigenvalue weighted by molar-refractivity contribution is -0.134. The van der Waals surface area contributed by atoms with E-state index in [4.69, 9.17) is 4.74 Å². The van der Waals surface area contributed by atoms with E-state index in [1.807, 2.05) is 25.1 Å². The highest BCUT2D eigenvalue weighted by Gasteiger charge is 2.00. The Morgan fingerprint density at radius 1 is 1.33 bits per heavy atom. The van der Waals surface area contributed by atoms with Crippen LogP contribution in [0.5, 0.6) is 5.75 Å². The maximum absolute atomic E-state index is 10.9. The molecule has 1 aromatic rings. The van der Waals surface area contributed by atoms with Gasteiger partial charge in [0.2, 0.25) is 0 Å². The van der Waals surface area contributed by atoms with Crippen molar-refractivity contribution in [3.8, 4) is 5.75 Å². The van der Waals surface area contributed by atoms with Crippen LogP contribution in [-0.4, -0.2) is 20.2 Å². The molecular weight excluding hydrogens is 192 g/mol. The Bertz CT molecular complexity index is 380. The molecule has 0 aliphatic heterocycles. The van der Waals surface area contributed by atoms with E-state index < -0.39 is 0 Å². The summed E-state index contributed by atoms with van der Waals surface area (Å²) in [6.45, 7) is 1.98. The second kappa shape index (κ2) is 5.20. The van der Waals surface area contributed by atoms with Crippen LogP contribution >= 0.6 is 0 Å². The van der Waals surface area contributed by atoms with Crippen molar-refractivity contribution in [1.29, 1.82) is 0 Å². The number of hydrogen-bond donors (Lipinski definition) is 0. The molecule has 0 aliphatic rings. The smallest absolute Gasteiger partial charge is 0.330 e. The van der Waals surface area contributed by atoms with Gasteiger partial charge in [-0.15, -0.1) is 0 Å². The monoisotopic (exact) mass is 206 g/mol. The molecule has 0 heterocycles. The zero-order chi connectivity index (χ0) is 11.3. The SMILES string of the molecule is COC(=O)/C=C/c1cc(C)ccc1OC. The maximum Gasteiger partial charge on any atom is 0.330 e. The van der Waals surface area contributed by atoms with Crippen molar-refractivity contribution in [2.45, 2.75) is 6.92 Å². The lowest BCUT2D eigenvalue weighted by Gasteiger charge is -2.05. The molecule has 1 rings (SSSR count). The summed E-state index contributed by atoms with van der Waals surface area (Å²) in [5.74, 6) is 0.360. The van der Waals surface area contributed by atoms with E-state index in [1.54, 1.807) is 13.2 Å². The maximum atomic E-state index is 10.9. The lowest BCUT2D eigenvalue weighted by atomic mass is 10.1. The second-order valence-electron chi connectivity index (χ2n) is 3.10. The van der Waals surface area contributed by atoms with Crippen molar-refractivity contribution >= 4 is 12.0 Å². The van der Waals surface area contributed by atoms with Crippen molar-refractivity contribution < 1.29 is 14.3 Å². The molecule has 80 valence electrons. The summed E-state index contributed by atoms with van der Waals surface area (Å²) >= 11 is 0. The summed E-state index contributed by atoms with van der Waals surface area (Å²) in [7, 11) is 2.94. The van der Waals surface area contributed by atoms with Crippen LogP contribution in [0.3, 0.4) is 0 Å². The highest BCUT2D eigenvalue weighted by molar-refractivity contribution is 5.87. The molecule has 0 aromatic heterocycles. The fourth-order valence-corrected chi connectivity index (χ4v) is 1.21. The number of ether oxygens (including phenoxy) is 2. The van der Waals surface area contributed by atoms with Crippen LogP contribution in [0.15, 0.2) is 24.3 Å². The zero-order valence-corrected chi connectivity index (χ0v) is 9.11. The third-order valence-corrected chi connectivity index (χ3v) is 1.99. The number of aryl methyl sites for hydroxylation is 1. The molecular formula is C12H14O3. The van der Waals surface area contributed by atoms with Crippen molar-refractivity contribution in [1.82, 2.24) is 0 Å². The Balaban J connectivity index is 2.96. The Kier molecular flexibility index (Phi) is 3.92. The largest absolute Gasteiger partial charge is 0.496 e. The van der Waals surface area contributed by atoms with E-state index in [0.717, 1.165) is 16.9 Å². The standard InChI is InChI=1S/C12H14O3/c1-9-4-6-11(14-2)10(8-9)5-7-12(13)15-3/h4-8H,1-3H3/b7-5+. The van der Waals surface area contributed by atoms with Crippen LogP contribution in [0.25, 0.3) is 6.08 Å². The minimum absolute atomic E-state index is 0.376. The summed E-state index contributed by atoms with van der Waals surface area (Å²) in [6, 6.07) is 5.76. The van der Waals surface area contributed by atoms with E-state index in [0.29, 0.717) is 0 Å². The van der Waals surface area contributed by atoms with Gasteiger partial charge in [-0.25, -0.2) is 4.79 Å². The van der Waals surface area contributed by atoms with E-state index in [2.05, 4.69) is 4.74 Å². The van der Waals surface area contributed by atoms with Gasteiger partial charge < -0.3 is 9.47 Å². The second-order valence-corrected chi connectivity index (χ2v) is 3.10. The normalized spacial score (nSPS) is 10.3.